The minimum Gasteiger partial charge on any atom is -0.480 e. The minimum atomic E-state index is -0.963. The third-order valence-corrected chi connectivity index (χ3v) is 1.06. The molecule has 0 spiro atoms. The van der Waals surface area contributed by atoms with Crippen molar-refractivity contribution in [2.75, 3.05) is 0 Å². The van der Waals surface area contributed by atoms with Crippen LogP contribution in [0.4, 0.5) is 0 Å². The Labute approximate surface area is 82.1 Å². The average Bonchev–Trinajstić information content (AvgIpc) is 2.05. The Hall–Kier alpha value is -1.74. The first-order valence-electron chi connectivity index (χ1n) is 3.75. The highest BCUT2D eigenvalue weighted by atomic mass is 16.4. The normalized spacial score (nSPS) is 12.4. The summed E-state index contributed by atoms with van der Waals surface area (Å²) in [6.45, 7) is 2.89. The van der Waals surface area contributed by atoms with Gasteiger partial charge in [-0.15, -0.1) is 0 Å². The second kappa shape index (κ2) is 7.89. The molecule has 0 aliphatic carbocycles. The molecule has 0 rings (SSSR count). The number of terminal acetylenes is 1. The number of aliphatic carboxylic acids is 2. The first-order chi connectivity index (χ1) is 6.32. The van der Waals surface area contributed by atoms with Crippen LogP contribution in [0.1, 0.15) is 13.8 Å². The van der Waals surface area contributed by atoms with E-state index in [4.69, 9.17) is 22.4 Å². The fraction of sp³-hybridized carbons (Fsp3) is 0.500. The van der Waals surface area contributed by atoms with Crippen LogP contribution in [-0.2, 0) is 9.59 Å². The van der Waals surface area contributed by atoms with Gasteiger partial charge in [-0.1, -0.05) is 6.42 Å². The molecular weight excluding hydrogens is 188 g/mol. The number of carboxylic acid groups (broad SMARTS) is 2. The fourth-order valence-corrected chi connectivity index (χ4v) is 0.187. The lowest BCUT2D eigenvalue weighted by Gasteiger charge is -2.00. The highest BCUT2D eigenvalue weighted by Gasteiger charge is 2.05. The molecule has 0 aromatic carbocycles. The predicted molar refractivity (Wildman–Crippen MR) is 50.4 cm³/mol. The summed E-state index contributed by atoms with van der Waals surface area (Å²) in [4.78, 5) is 19.5. The van der Waals surface area contributed by atoms with E-state index in [0.29, 0.717) is 0 Å². The maximum Gasteiger partial charge on any atom is 0.326 e. The molecule has 0 radical (unpaired) electrons. The molecule has 80 valence electrons. The number of carboxylic acids is 2. The van der Waals surface area contributed by atoms with E-state index in [-0.39, 0.29) is 0 Å². The fourth-order valence-electron chi connectivity index (χ4n) is 0.187. The molecule has 0 fully saturated rings. The van der Waals surface area contributed by atoms with Gasteiger partial charge in [0, 0.05) is 6.04 Å². The molecule has 0 aromatic heterocycles. The molecule has 6 nitrogen and oxygen atoms in total. The summed E-state index contributed by atoms with van der Waals surface area (Å²) >= 11 is 0. The van der Waals surface area contributed by atoms with Gasteiger partial charge in [0.25, 0.3) is 0 Å². The summed E-state index contributed by atoms with van der Waals surface area (Å²) in [7, 11) is 0. The molecule has 0 saturated carbocycles. The van der Waals surface area contributed by atoms with Crippen LogP contribution in [0.15, 0.2) is 0 Å². The third-order valence-electron chi connectivity index (χ3n) is 1.06. The van der Waals surface area contributed by atoms with E-state index in [0.717, 1.165) is 0 Å². The Morgan fingerprint density at radius 2 is 1.71 bits per heavy atom. The molecule has 5 N–H and O–H groups in total. The van der Waals surface area contributed by atoms with Gasteiger partial charge in [-0.2, -0.15) is 0 Å². The summed E-state index contributed by atoms with van der Waals surface area (Å²) in [6, 6.07) is 0.634. The maximum absolute atomic E-state index is 9.93. The van der Waals surface area contributed by atoms with Crippen LogP contribution in [0.3, 0.4) is 0 Å². The first kappa shape index (κ1) is 14.8. The molecule has 0 saturated heterocycles. The molecule has 0 aliphatic rings. The van der Waals surface area contributed by atoms with Crippen molar-refractivity contribution in [1.29, 1.82) is 0 Å². The van der Waals surface area contributed by atoms with Gasteiger partial charge in [0.1, 0.15) is 12.1 Å². The van der Waals surface area contributed by atoms with E-state index in [1.54, 1.807) is 0 Å². The Kier molecular flexibility index (Phi) is 8.32. The van der Waals surface area contributed by atoms with Crippen LogP contribution in [-0.4, -0.2) is 34.2 Å². The van der Waals surface area contributed by atoms with E-state index in [1.165, 1.54) is 13.8 Å². The van der Waals surface area contributed by atoms with Crippen LogP contribution in [0, 0.1) is 12.5 Å². The minimum absolute atomic E-state index is 0.653. The number of nitrogens with one attached hydrogen (secondary N) is 1. The lowest BCUT2D eigenvalue weighted by Crippen LogP contribution is -2.29. The van der Waals surface area contributed by atoms with Gasteiger partial charge >= 0.3 is 11.9 Å². The van der Waals surface area contributed by atoms with E-state index < -0.39 is 24.0 Å². The topological polar surface area (TPSA) is 113 Å². The predicted octanol–water partition coefficient (Wildman–Crippen LogP) is -0.942. The summed E-state index contributed by atoms with van der Waals surface area (Å²) in [5.41, 5.74) is 4.84. The highest BCUT2D eigenvalue weighted by molar-refractivity contribution is 5.73. The molecule has 6 heteroatoms. The Bertz CT molecular complexity index is 232. The Balaban J connectivity index is 0. The molecule has 0 bridgehead atoms. The number of hydrogen-bond donors (Lipinski definition) is 4. The molecule has 0 aliphatic heterocycles. The lowest BCUT2D eigenvalue weighted by molar-refractivity contribution is -0.139. The van der Waals surface area contributed by atoms with Crippen molar-refractivity contribution < 1.29 is 19.8 Å². The van der Waals surface area contributed by atoms with Crippen molar-refractivity contribution in [3.8, 4) is 12.5 Å². The number of nitrogens with two attached hydrogens (primary N) is 1. The van der Waals surface area contributed by atoms with Gasteiger partial charge in [-0.3, -0.25) is 4.79 Å². The third kappa shape index (κ3) is 10.3. The summed E-state index contributed by atoms with van der Waals surface area (Å²) in [6.07, 6.45) is 4.74. The van der Waals surface area contributed by atoms with Gasteiger partial charge < -0.3 is 21.3 Å². The molecule has 0 amide bonds. The Morgan fingerprint density at radius 1 is 1.36 bits per heavy atom. The van der Waals surface area contributed by atoms with E-state index >= 15 is 0 Å². The SMILES string of the molecule is C#CN[C@@H](C)C(=O)O.C[C@H](N)C(=O)O. The zero-order valence-electron chi connectivity index (χ0n) is 8.02. The van der Waals surface area contributed by atoms with E-state index in [1.807, 2.05) is 6.04 Å². The summed E-state index contributed by atoms with van der Waals surface area (Å²) < 4.78 is 0. The largest absolute Gasteiger partial charge is 0.480 e. The van der Waals surface area contributed by atoms with Gasteiger partial charge in [0.05, 0.1) is 0 Å². The standard InChI is InChI=1S/C5H7NO2.C3H7NO2/c1-3-6-4(2)5(7)8;1-2(4)3(5)6/h1,4,6H,2H3,(H,7,8);2H,4H2,1H3,(H,5,6)/t4-;2-/m00/s1. The molecular formula is C8H14N2O4. The lowest BCUT2D eigenvalue weighted by atomic mass is 10.4. The molecule has 0 unspecified atom stereocenters. The smallest absolute Gasteiger partial charge is 0.326 e. The van der Waals surface area contributed by atoms with Crippen LogP contribution in [0.5, 0.6) is 0 Å². The second-order valence-corrected chi connectivity index (χ2v) is 2.48. The van der Waals surface area contributed by atoms with Crippen LogP contribution >= 0.6 is 0 Å². The van der Waals surface area contributed by atoms with Gasteiger partial charge in [-0.25, -0.2) is 4.79 Å². The average molecular weight is 202 g/mol. The van der Waals surface area contributed by atoms with Crippen molar-refractivity contribution in [3.05, 3.63) is 0 Å². The monoisotopic (exact) mass is 202 g/mol. The van der Waals surface area contributed by atoms with Crippen molar-refractivity contribution in [3.63, 3.8) is 0 Å². The van der Waals surface area contributed by atoms with Crippen molar-refractivity contribution in [2.45, 2.75) is 25.9 Å². The second-order valence-electron chi connectivity index (χ2n) is 2.48. The number of hydrogen-bond acceptors (Lipinski definition) is 4. The quantitative estimate of drug-likeness (QED) is 0.347. The number of carbonyl (C=O) groups is 2. The van der Waals surface area contributed by atoms with Crippen molar-refractivity contribution in [2.24, 2.45) is 5.73 Å². The van der Waals surface area contributed by atoms with Crippen LogP contribution in [0.2, 0.25) is 0 Å². The molecule has 0 aromatic rings. The van der Waals surface area contributed by atoms with Gasteiger partial charge in [0.15, 0.2) is 0 Å². The Morgan fingerprint density at radius 3 is 1.79 bits per heavy atom. The first-order valence-corrected chi connectivity index (χ1v) is 3.75. The molecule has 2 atom stereocenters. The molecule has 0 heterocycles. The number of rotatable bonds is 3. The van der Waals surface area contributed by atoms with Crippen molar-refractivity contribution in [1.82, 2.24) is 5.32 Å². The van der Waals surface area contributed by atoms with Gasteiger partial charge in [0.2, 0.25) is 0 Å². The van der Waals surface area contributed by atoms with E-state index in [2.05, 4.69) is 5.32 Å². The molecule has 14 heavy (non-hydrogen) atoms. The van der Waals surface area contributed by atoms with E-state index in [9.17, 15) is 9.59 Å². The summed E-state index contributed by atoms with van der Waals surface area (Å²) in [5, 5.41) is 18.3. The zero-order chi connectivity index (χ0) is 11.7. The zero-order valence-corrected chi connectivity index (χ0v) is 8.02. The van der Waals surface area contributed by atoms with Crippen molar-refractivity contribution >= 4 is 11.9 Å². The summed E-state index contributed by atoms with van der Waals surface area (Å²) in [5.74, 6) is -1.90. The maximum atomic E-state index is 9.93. The highest BCUT2D eigenvalue weighted by Crippen LogP contribution is 1.75. The van der Waals surface area contributed by atoms with Gasteiger partial charge in [-0.05, 0) is 13.8 Å². The van der Waals surface area contributed by atoms with Crippen LogP contribution < -0.4 is 11.1 Å². The van der Waals surface area contributed by atoms with Crippen LogP contribution in [0.25, 0.3) is 0 Å².